The van der Waals surface area contributed by atoms with Gasteiger partial charge in [0.1, 0.15) is 5.78 Å². The van der Waals surface area contributed by atoms with Crippen LogP contribution in [0.15, 0.2) is 0 Å². The van der Waals surface area contributed by atoms with Gasteiger partial charge in [0, 0.05) is 12.8 Å². The van der Waals surface area contributed by atoms with Crippen molar-refractivity contribution < 1.29 is 4.79 Å². The van der Waals surface area contributed by atoms with E-state index in [2.05, 4.69) is 27.7 Å². The SMILES string of the molecule is CCCC(=O)CC1CCCC(CC(C)(C)C)C1. The molecule has 0 aliphatic heterocycles. The third-order valence-corrected chi connectivity index (χ3v) is 3.84. The summed E-state index contributed by atoms with van der Waals surface area (Å²) in [5, 5.41) is 0. The molecule has 1 aliphatic rings. The van der Waals surface area contributed by atoms with Crippen molar-refractivity contribution in [1.82, 2.24) is 0 Å². The quantitative estimate of drug-likeness (QED) is 0.659. The Balaban J connectivity index is 2.36. The summed E-state index contributed by atoms with van der Waals surface area (Å²) in [4.78, 5) is 11.7. The molecule has 1 heteroatoms. The minimum atomic E-state index is 0.444. The number of hydrogen-bond donors (Lipinski definition) is 0. The number of Topliss-reactive ketones (excluding diaryl/α,β-unsaturated/α-hetero) is 1. The maximum Gasteiger partial charge on any atom is 0.133 e. The summed E-state index contributed by atoms with van der Waals surface area (Å²) < 4.78 is 0. The van der Waals surface area contributed by atoms with Gasteiger partial charge in [-0.05, 0) is 36.5 Å². The number of carbonyl (C=O) groups excluding carboxylic acids is 1. The highest BCUT2D eigenvalue weighted by Crippen LogP contribution is 2.38. The molecule has 0 radical (unpaired) electrons. The highest BCUT2D eigenvalue weighted by molar-refractivity contribution is 5.78. The van der Waals surface area contributed by atoms with Crippen molar-refractivity contribution in [2.24, 2.45) is 17.3 Å². The van der Waals surface area contributed by atoms with Crippen molar-refractivity contribution in [2.75, 3.05) is 0 Å². The summed E-state index contributed by atoms with van der Waals surface area (Å²) in [7, 11) is 0. The van der Waals surface area contributed by atoms with Crippen LogP contribution in [0.3, 0.4) is 0 Å². The smallest absolute Gasteiger partial charge is 0.133 e. The molecular formula is C16H30O. The van der Waals surface area contributed by atoms with Gasteiger partial charge in [-0.3, -0.25) is 4.79 Å². The molecule has 0 N–H and O–H groups in total. The van der Waals surface area contributed by atoms with E-state index in [9.17, 15) is 4.79 Å². The van der Waals surface area contributed by atoms with Crippen LogP contribution < -0.4 is 0 Å². The van der Waals surface area contributed by atoms with Crippen LogP contribution in [0.2, 0.25) is 0 Å². The molecular weight excluding hydrogens is 208 g/mol. The number of hydrogen-bond acceptors (Lipinski definition) is 1. The summed E-state index contributed by atoms with van der Waals surface area (Å²) in [5.41, 5.74) is 0.444. The molecule has 0 aromatic carbocycles. The molecule has 0 spiro atoms. The second-order valence-electron chi connectivity index (χ2n) is 7.16. The van der Waals surface area contributed by atoms with Crippen LogP contribution in [0.4, 0.5) is 0 Å². The minimum Gasteiger partial charge on any atom is -0.300 e. The van der Waals surface area contributed by atoms with Crippen molar-refractivity contribution in [3.63, 3.8) is 0 Å². The standard InChI is InChI=1S/C16H30O/c1-5-7-15(17)11-13-8-6-9-14(10-13)12-16(2,3)4/h13-14H,5-12H2,1-4H3. The molecule has 0 aromatic heterocycles. The van der Waals surface area contributed by atoms with Crippen molar-refractivity contribution in [1.29, 1.82) is 0 Å². The van der Waals surface area contributed by atoms with E-state index in [1.807, 2.05) is 0 Å². The Morgan fingerprint density at radius 3 is 2.41 bits per heavy atom. The molecule has 2 unspecified atom stereocenters. The highest BCUT2D eigenvalue weighted by atomic mass is 16.1. The first-order chi connectivity index (χ1) is 7.90. The van der Waals surface area contributed by atoms with Crippen molar-refractivity contribution >= 4 is 5.78 Å². The monoisotopic (exact) mass is 238 g/mol. The molecule has 0 heterocycles. The lowest BCUT2D eigenvalue weighted by Crippen LogP contribution is -2.22. The number of carbonyl (C=O) groups is 1. The minimum absolute atomic E-state index is 0.444. The van der Waals surface area contributed by atoms with Crippen LogP contribution in [-0.2, 0) is 4.79 Å². The first-order valence-corrected chi connectivity index (χ1v) is 7.42. The number of ketones is 1. The largest absolute Gasteiger partial charge is 0.300 e. The molecule has 0 bridgehead atoms. The second-order valence-corrected chi connectivity index (χ2v) is 7.16. The van der Waals surface area contributed by atoms with Crippen LogP contribution in [0.25, 0.3) is 0 Å². The maximum atomic E-state index is 11.7. The van der Waals surface area contributed by atoms with Gasteiger partial charge >= 0.3 is 0 Å². The van der Waals surface area contributed by atoms with Crippen LogP contribution in [0, 0.1) is 17.3 Å². The summed E-state index contributed by atoms with van der Waals surface area (Å²) in [5.74, 6) is 2.05. The van der Waals surface area contributed by atoms with E-state index in [0.29, 0.717) is 17.1 Å². The molecule has 0 aromatic rings. The van der Waals surface area contributed by atoms with Crippen molar-refractivity contribution in [2.45, 2.75) is 79.1 Å². The lowest BCUT2D eigenvalue weighted by molar-refractivity contribution is -0.120. The zero-order valence-electron chi connectivity index (χ0n) is 12.2. The third-order valence-electron chi connectivity index (χ3n) is 3.84. The molecule has 0 saturated heterocycles. The van der Waals surface area contributed by atoms with Gasteiger partial charge in [0.25, 0.3) is 0 Å². The van der Waals surface area contributed by atoms with Gasteiger partial charge < -0.3 is 0 Å². The van der Waals surface area contributed by atoms with Gasteiger partial charge in [0.2, 0.25) is 0 Å². The van der Waals surface area contributed by atoms with Gasteiger partial charge in [-0.15, -0.1) is 0 Å². The van der Waals surface area contributed by atoms with E-state index < -0.39 is 0 Å². The van der Waals surface area contributed by atoms with Gasteiger partial charge in [-0.25, -0.2) is 0 Å². The molecule has 0 amide bonds. The fraction of sp³-hybridized carbons (Fsp3) is 0.938. The zero-order valence-corrected chi connectivity index (χ0v) is 12.2. The summed E-state index contributed by atoms with van der Waals surface area (Å²) in [6.07, 6.45) is 9.29. The first kappa shape index (κ1) is 14.7. The molecule has 17 heavy (non-hydrogen) atoms. The Bertz CT molecular complexity index is 236. The van der Waals surface area contributed by atoms with Crippen LogP contribution in [0.5, 0.6) is 0 Å². The first-order valence-electron chi connectivity index (χ1n) is 7.42. The van der Waals surface area contributed by atoms with Crippen LogP contribution in [0.1, 0.15) is 79.1 Å². The van der Waals surface area contributed by atoms with Crippen molar-refractivity contribution in [3.8, 4) is 0 Å². The number of rotatable bonds is 5. The average Bonchev–Trinajstić information content (AvgIpc) is 2.15. The van der Waals surface area contributed by atoms with E-state index in [4.69, 9.17) is 0 Å². The molecule has 1 saturated carbocycles. The summed E-state index contributed by atoms with van der Waals surface area (Å²) in [6.45, 7) is 9.09. The van der Waals surface area contributed by atoms with E-state index in [1.165, 1.54) is 32.1 Å². The molecule has 1 rings (SSSR count). The third kappa shape index (κ3) is 6.24. The average molecular weight is 238 g/mol. The van der Waals surface area contributed by atoms with E-state index in [-0.39, 0.29) is 0 Å². The Morgan fingerprint density at radius 2 is 1.82 bits per heavy atom. The van der Waals surface area contributed by atoms with Crippen LogP contribution in [-0.4, -0.2) is 5.78 Å². The van der Waals surface area contributed by atoms with Crippen molar-refractivity contribution in [3.05, 3.63) is 0 Å². The fourth-order valence-corrected chi connectivity index (χ4v) is 3.34. The van der Waals surface area contributed by atoms with Gasteiger partial charge in [-0.1, -0.05) is 47.0 Å². The summed E-state index contributed by atoms with van der Waals surface area (Å²) >= 11 is 0. The highest BCUT2D eigenvalue weighted by Gasteiger charge is 2.26. The van der Waals surface area contributed by atoms with E-state index in [0.717, 1.165) is 25.2 Å². The predicted octanol–water partition coefficient (Wildman–Crippen LogP) is 4.99. The van der Waals surface area contributed by atoms with Gasteiger partial charge in [0.05, 0.1) is 0 Å². The fourth-order valence-electron chi connectivity index (χ4n) is 3.34. The van der Waals surface area contributed by atoms with E-state index >= 15 is 0 Å². The topological polar surface area (TPSA) is 17.1 Å². The normalized spacial score (nSPS) is 25.9. The van der Waals surface area contributed by atoms with Crippen LogP contribution >= 0.6 is 0 Å². The molecule has 1 nitrogen and oxygen atoms in total. The maximum absolute atomic E-state index is 11.7. The van der Waals surface area contributed by atoms with Gasteiger partial charge in [0.15, 0.2) is 0 Å². The zero-order chi connectivity index (χ0) is 12.9. The Morgan fingerprint density at radius 1 is 1.18 bits per heavy atom. The molecule has 100 valence electrons. The lowest BCUT2D eigenvalue weighted by atomic mass is 9.73. The van der Waals surface area contributed by atoms with Gasteiger partial charge in [-0.2, -0.15) is 0 Å². The Kier molecular flexibility index (Phi) is 5.69. The summed E-state index contributed by atoms with van der Waals surface area (Å²) in [6, 6.07) is 0. The Hall–Kier alpha value is -0.330. The Labute approximate surface area is 107 Å². The second kappa shape index (κ2) is 6.56. The molecule has 1 fully saturated rings. The van der Waals surface area contributed by atoms with E-state index in [1.54, 1.807) is 0 Å². The molecule has 2 atom stereocenters. The predicted molar refractivity (Wildman–Crippen MR) is 74.1 cm³/mol. The lowest BCUT2D eigenvalue weighted by Gasteiger charge is -2.33. The molecule has 1 aliphatic carbocycles.